The minimum absolute atomic E-state index is 0.0675. The van der Waals surface area contributed by atoms with Crippen LogP contribution in [-0.2, 0) is 0 Å². The summed E-state index contributed by atoms with van der Waals surface area (Å²) in [7, 11) is 3.88. The van der Waals surface area contributed by atoms with Crippen LogP contribution in [0, 0.1) is 11.6 Å². The van der Waals surface area contributed by atoms with Crippen molar-refractivity contribution in [2.45, 2.75) is 12.5 Å². The highest BCUT2D eigenvalue weighted by molar-refractivity contribution is 6.05. The molecule has 0 aliphatic heterocycles. The molecule has 0 fully saturated rings. The summed E-state index contributed by atoms with van der Waals surface area (Å²) in [6.45, 7) is 0.706. The molecule has 0 aliphatic rings. The molecule has 10 heteroatoms. The van der Waals surface area contributed by atoms with Gasteiger partial charge in [-0.25, -0.2) is 23.5 Å². The molecule has 1 atom stereocenters. The van der Waals surface area contributed by atoms with Crippen LogP contribution in [0.5, 0.6) is 0 Å². The van der Waals surface area contributed by atoms with Crippen LogP contribution in [0.15, 0.2) is 67.0 Å². The number of anilines is 2. The van der Waals surface area contributed by atoms with Crippen molar-refractivity contribution in [1.29, 1.82) is 0 Å². The highest BCUT2D eigenvalue weighted by Crippen LogP contribution is 2.29. The number of hydrogen-bond acceptors (Lipinski definition) is 6. The highest BCUT2D eigenvalue weighted by atomic mass is 19.1. The van der Waals surface area contributed by atoms with Crippen LogP contribution in [0.3, 0.4) is 0 Å². The first-order valence-electron chi connectivity index (χ1n) is 11.5. The predicted octanol–water partition coefficient (Wildman–Crippen LogP) is 4.96. The Balaban J connectivity index is 1.66. The molecule has 4 aromatic rings. The average Bonchev–Trinajstić information content (AvgIpc) is 2.86. The Kier molecular flexibility index (Phi) is 7.69. The Labute approximate surface area is 212 Å². The molecule has 3 N–H and O–H groups in total. The Bertz CT molecular complexity index is 1440. The van der Waals surface area contributed by atoms with E-state index in [9.17, 15) is 23.5 Å². The van der Waals surface area contributed by atoms with Crippen molar-refractivity contribution in [3.05, 3.63) is 95.3 Å². The maximum Gasteiger partial charge on any atom is 0.337 e. The molecule has 1 heterocycles. The molecule has 0 saturated heterocycles. The van der Waals surface area contributed by atoms with Crippen LogP contribution in [0.25, 0.3) is 10.9 Å². The van der Waals surface area contributed by atoms with Gasteiger partial charge >= 0.3 is 5.97 Å². The number of hydrogen-bond donors (Lipinski definition) is 3. The molecule has 190 valence electrons. The lowest BCUT2D eigenvalue weighted by Gasteiger charge is -2.23. The number of fused-ring (bicyclic) bond motifs is 1. The lowest BCUT2D eigenvalue weighted by atomic mass is 10.0. The maximum absolute atomic E-state index is 14.1. The second kappa shape index (κ2) is 11.1. The fraction of sp³-hybridized carbons (Fsp3) is 0.185. The van der Waals surface area contributed by atoms with Gasteiger partial charge in [-0.3, -0.25) is 4.79 Å². The van der Waals surface area contributed by atoms with E-state index in [1.54, 1.807) is 30.3 Å². The molecule has 8 nitrogen and oxygen atoms in total. The highest BCUT2D eigenvalue weighted by Gasteiger charge is 2.20. The molecule has 0 radical (unpaired) electrons. The first-order valence-corrected chi connectivity index (χ1v) is 11.5. The van der Waals surface area contributed by atoms with E-state index in [-0.39, 0.29) is 11.6 Å². The van der Waals surface area contributed by atoms with Crippen LogP contribution in [-0.4, -0.2) is 52.5 Å². The summed E-state index contributed by atoms with van der Waals surface area (Å²) in [4.78, 5) is 34.8. The normalized spacial score (nSPS) is 11.9. The number of nitrogens with one attached hydrogen (secondary N) is 2. The van der Waals surface area contributed by atoms with Crippen LogP contribution in [0.2, 0.25) is 0 Å². The standard InChI is InChI=1S/C27H25F2N5O3/c1-34(2)13-12-22(33-25-18-8-4-9-19(27(36)37)24(18)30-15-31-25)16-6-3-7-17(14-16)32-26(35)23-20(28)10-5-11-21(23)29/h3-11,14-15,22H,12-13H2,1-2H3,(H,32,35)(H,36,37)(H,30,31,33). The van der Waals surface area contributed by atoms with E-state index >= 15 is 0 Å². The number of nitrogens with zero attached hydrogens (tertiary/aromatic N) is 3. The van der Waals surface area contributed by atoms with Crippen LogP contribution >= 0.6 is 0 Å². The quantitative estimate of drug-likeness (QED) is 0.295. The number of aromatic carboxylic acids is 1. The number of carboxylic acids is 1. The van der Waals surface area contributed by atoms with Gasteiger partial charge < -0.3 is 20.6 Å². The van der Waals surface area contributed by atoms with Gasteiger partial charge in [-0.15, -0.1) is 0 Å². The number of carbonyl (C=O) groups is 2. The number of aromatic nitrogens is 2. The largest absolute Gasteiger partial charge is 0.478 e. The summed E-state index contributed by atoms with van der Waals surface area (Å²) in [6.07, 6.45) is 1.94. The van der Waals surface area contributed by atoms with Gasteiger partial charge in [-0.1, -0.05) is 24.3 Å². The Morgan fingerprint density at radius 3 is 2.41 bits per heavy atom. The van der Waals surface area contributed by atoms with Crippen molar-refractivity contribution in [2.75, 3.05) is 31.3 Å². The molecule has 1 unspecified atom stereocenters. The monoisotopic (exact) mass is 505 g/mol. The van der Waals surface area contributed by atoms with Gasteiger partial charge in [0.05, 0.1) is 17.1 Å². The van der Waals surface area contributed by atoms with E-state index in [0.29, 0.717) is 35.4 Å². The van der Waals surface area contributed by atoms with E-state index in [1.807, 2.05) is 25.1 Å². The fourth-order valence-corrected chi connectivity index (χ4v) is 3.99. The smallest absolute Gasteiger partial charge is 0.337 e. The molecule has 0 spiro atoms. The number of halogens is 2. The van der Waals surface area contributed by atoms with E-state index in [1.165, 1.54) is 18.5 Å². The first kappa shape index (κ1) is 25.6. The van der Waals surface area contributed by atoms with Gasteiger partial charge in [0.15, 0.2) is 0 Å². The third-order valence-corrected chi connectivity index (χ3v) is 5.81. The van der Waals surface area contributed by atoms with Crippen molar-refractivity contribution >= 4 is 34.3 Å². The number of para-hydroxylation sites is 1. The van der Waals surface area contributed by atoms with Gasteiger partial charge in [0.1, 0.15) is 29.3 Å². The average molecular weight is 506 g/mol. The molecule has 3 aromatic carbocycles. The van der Waals surface area contributed by atoms with Gasteiger partial charge in [0, 0.05) is 11.1 Å². The van der Waals surface area contributed by atoms with Crippen molar-refractivity contribution in [3.63, 3.8) is 0 Å². The van der Waals surface area contributed by atoms with Gasteiger partial charge in [-0.2, -0.15) is 0 Å². The van der Waals surface area contributed by atoms with E-state index < -0.39 is 29.1 Å². The third kappa shape index (κ3) is 5.87. The maximum atomic E-state index is 14.1. The fourth-order valence-electron chi connectivity index (χ4n) is 3.99. The third-order valence-electron chi connectivity index (χ3n) is 5.81. The van der Waals surface area contributed by atoms with Crippen LogP contribution in [0.4, 0.5) is 20.3 Å². The Morgan fingerprint density at radius 1 is 1.00 bits per heavy atom. The van der Waals surface area contributed by atoms with Crippen molar-refractivity contribution in [1.82, 2.24) is 14.9 Å². The molecule has 0 saturated carbocycles. The topological polar surface area (TPSA) is 107 Å². The van der Waals surface area contributed by atoms with E-state index in [0.717, 1.165) is 17.7 Å². The summed E-state index contributed by atoms with van der Waals surface area (Å²) in [5, 5.41) is 16.0. The van der Waals surface area contributed by atoms with E-state index in [2.05, 4.69) is 20.6 Å². The van der Waals surface area contributed by atoms with Gasteiger partial charge in [0.2, 0.25) is 0 Å². The predicted molar refractivity (Wildman–Crippen MR) is 137 cm³/mol. The zero-order valence-electron chi connectivity index (χ0n) is 20.2. The van der Waals surface area contributed by atoms with Crippen LogP contribution in [0.1, 0.15) is 38.7 Å². The number of carboxylic acid groups (broad SMARTS) is 1. The summed E-state index contributed by atoms with van der Waals surface area (Å²) in [5.41, 5.74) is 0.874. The lowest BCUT2D eigenvalue weighted by molar-refractivity contribution is 0.0698. The minimum atomic E-state index is -1.09. The number of carbonyl (C=O) groups excluding carboxylic acids is 1. The van der Waals surface area contributed by atoms with Crippen molar-refractivity contribution in [3.8, 4) is 0 Å². The lowest BCUT2D eigenvalue weighted by Crippen LogP contribution is -2.21. The molecular weight excluding hydrogens is 480 g/mol. The Hall–Kier alpha value is -4.44. The number of amides is 1. The van der Waals surface area contributed by atoms with Gasteiger partial charge in [0.25, 0.3) is 5.91 Å². The number of rotatable bonds is 9. The summed E-state index contributed by atoms with van der Waals surface area (Å²) in [5.74, 6) is -3.42. The minimum Gasteiger partial charge on any atom is -0.478 e. The molecule has 0 bridgehead atoms. The van der Waals surface area contributed by atoms with E-state index in [4.69, 9.17) is 0 Å². The second-order valence-corrected chi connectivity index (χ2v) is 8.69. The zero-order valence-corrected chi connectivity index (χ0v) is 20.2. The van der Waals surface area contributed by atoms with Crippen molar-refractivity contribution < 1.29 is 23.5 Å². The summed E-state index contributed by atoms with van der Waals surface area (Å²) >= 11 is 0. The Morgan fingerprint density at radius 2 is 1.70 bits per heavy atom. The molecule has 37 heavy (non-hydrogen) atoms. The zero-order chi connectivity index (χ0) is 26.5. The van der Waals surface area contributed by atoms with Gasteiger partial charge in [-0.05, 0) is 69.0 Å². The summed E-state index contributed by atoms with van der Waals surface area (Å²) in [6, 6.07) is 14.7. The molecule has 1 amide bonds. The number of benzene rings is 3. The summed E-state index contributed by atoms with van der Waals surface area (Å²) < 4.78 is 28.1. The molecular formula is C27H25F2N5O3. The molecule has 1 aromatic heterocycles. The molecule has 0 aliphatic carbocycles. The second-order valence-electron chi connectivity index (χ2n) is 8.69. The van der Waals surface area contributed by atoms with Crippen molar-refractivity contribution in [2.24, 2.45) is 0 Å². The first-order chi connectivity index (χ1) is 17.7. The molecule has 4 rings (SSSR count). The SMILES string of the molecule is CN(C)CCC(Nc1ncnc2c(C(=O)O)cccc12)c1cccc(NC(=O)c2c(F)cccc2F)c1. The van der Waals surface area contributed by atoms with Crippen LogP contribution < -0.4 is 10.6 Å².